The molecule has 21 heavy (non-hydrogen) atoms. The van der Waals surface area contributed by atoms with Gasteiger partial charge in [-0.15, -0.1) is 0 Å². The predicted octanol–water partition coefficient (Wildman–Crippen LogP) is 3.10. The van der Waals surface area contributed by atoms with Crippen LogP contribution in [0.2, 0.25) is 0 Å². The first-order valence-corrected chi connectivity index (χ1v) is 7.43. The maximum atomic E-state index is 6.27. The molecule has 5 heteroatoms. The van der Waals surface area contributed by atoms with Crippen LogP contribution in [0.25, 0.3) is 0 Å². The van der Waals surface area contributed by atoms with E-state index in [2.05, 4.69) is 39.2 Å². The standard InChI is InChI=1S/C16H21N5/c1-12-6-5-7-13(10-12)20-15-14(17)16(19-11-18-15)21-8-3-2-4-9-21/h5-7,10-11H,2-4,8-9,17H2,1H3,(H,18,19,20). The Labute approximate surface area is 125 Å². The summed E-state index contributed by atoms with van der Waals surface area (Å²) in [5, 5.41) is 3.29. The molecule has 0 bridgehead atoms. The van der Waals surface area contributed by atoms with Crippen LogP contribution in [0.1, 0.15) is 24.8 Å². The van der Waals surface area contributed by atoms with Gasteiger partial charge in [0, 0.05) is 18.8 Å². The molecule has 0 amide bonds. The van der Waals surface area contributed by atoms with Crippen molar-refractivity contribution in [2.24, 2.45) is 0 Å². The SMILES string of the molecule is Cc1cccc(Nc2ncnc(N3CCCCC3)c2N)c1. The van der Waals surface area contributed by atoms with Gasteiger partial charge in [-0.2, -0.15) is 0 Å². The molecule has 1 aromatic heterocycles. The van der Waals surface area contributed by atoms with Gasteiger partial charge in [0.2, 0.25) is 0 Å². The first-order chi connectivity index (χ1) is 10.2. The summed E-state index contributed by atoms with van der Waals surface area (Å²) in [5.41, 5.74) is 9.09. The number of nitrogens with one attached hydrogen (secondary N) is 1. The molecule has 3 rings (SSSR count). The molecule has 1 fully saturated rings. The summed E-state index contributed by atoms with van der Waals surface area (Å²) in [4.78, 5) is 10.9. The van der Waals surface area contributed by atoms with Crippen LogP contribution in [0.4, 0.5) is 23.0 Å². The number of nitrogens with zero attached hydrogens (tertiary/aromatic N) is 3. The van der Waals surface area contributed by atoms with Gasteiger partial charge in [0.15, 0.2) is 11.6 Å². The number of nitrogens with two attached hydrogens (primary N) is 1. The van der Waals surface area contributed by atoms with Crippen molar-refractivity contribution in [2.75, 3.05) is 29.0 Å². The van der Waals surface area contributed by atoms with Gasteiger partial charge >= 0.3 is 0 Å². The highest BCUT2D eigenvalue weighted by Gasteiger charge is 2.17. The monoisotopic (exact) mass is 283 g/mol. The Balaban J connectivity index is 1.86. The summed E-state index contributed by atoms with van der Waals surface area (Å²) < 4.78 is 0. The predicted molar refractivity (Wildman–Crippen MR) is 87.0 cm³/mol. The van der Waals surface area contributed by atoms with E-state index in [-0.39, 0.29) is 0 Å². The van der Waals surface area contributed by atoms with Crippen molar-refractivity contribution < 1.29 is 0 Å². The third-order valence-electron chi connectivity index (χ3n) is 3.80. The number of aryl methyl sites for hydroxylation is 1. The van der Waals surface area contributed by atoms with E-state index in [1.165, 1.54) is 24.8 Å². The van der Waals surface area contributed by atoms with E-state index in [0.717, 1.165) is 24.6 Å². The van der Waals surface area contributed by atoms with Crippen LogP contribution in [0, 0.1) is 6.92 Å². The van der Waals surface area contributed by atoms with E-state index in [4.69, 9.17) is 5.73 Å². The Morgan fingerprint density at radius 2 is 1.95 bits per heavy atom. The van der Waals surface area contributed by atoms with Crippen molar-refractivity contribution in [3.8, 4) is 0 Å². The molecule has 3 N–H and O–H groups in total. The average molecular weight is 283 g/mol. The maximum Gasteiger partial charge on any atom is 0.159 e. The van der Waals surface area contributed by atoms with Crippen LogP contribution in [-0.2, 0) is 0 Å². The molecule has 2 heterocycles. The number of aromatic nitrogens is 2. The molecule has 0 unspecified atom stereocenters. The van der Waals surface area contributed by atoms with Crippen molar-refractivity contribution in [1.29, 1.82) is 0 Å². The van der Waals surface area contributed by atoms with Crippen LogP contribution in [0.5, 0.6) is 0 Å². The Hall–Kier alpha value is -2.30. The average Bonchev–Trinajstić information content (AvgIpc) is 2.50. The van der Waals surface area contributed by atoms with Gasteiger partial charge in [0.05, 0.1) is 0 Å². The Kier molecular flexibility index (Phi) is 3.90. The zero-order valence-electron chi connectivity index (χ0n) is 12.3. The van der Waals surface area contributed by atoms with Crippen LogP contribution < -0.4 is 16.0 Å². The highest BCUT2D eigenvalue weighted by molar-refractivity contribution is 5.78. The number of hydrogen-bond donors (Lipinski definition) is 2. The molecule has 0 radical (unpaired) electrons. The fourth-order valence-electron chi connectivity index (χ4n) is 2.70. The van der Waals surface area contributed by atoms with E-state index < -0.39 is 0 Å². The quantitative estimate of drug-likeness (QED) is 0.906. The number of benzene rings is 1. The smallest absolute Gasteiger partial charge is 0.159 e. The molecule has 0 aliphatic carbocycles. The molecule has 110 valence electrons. The van der Waals surface area contributed by atoms with Crippen molar-refractivity contribution >= 4 is 23.0 Å². The van der Waals surface area contributed by atoms with E-state index in [9.17, 15) is 0 Å². The summed E-state index contributed by atoms with van der Waals surface area (Å²) in [6.45, 7) is 4.10. The summed E-state index contributed by atoms with van der Waals surface area (Å²) in [6.07, 6.45) is 5.27. The minimum atomic E-state index is 0.626. The minimum absolute atomic E-state index is 0.626. The van der Waals surface area contributed by atoms with Crippen molar-refractivity contribution in [1.82, 2.24) is 9.97 Å². The first-order valence-electron chi connectivity index (χ1n) is 7.43. The fourth-order valence-corrected chi connectivity index (χ4v) is 2.70. The summed E-state index contributed by atoms with van der Waals surface area (Å²) >= 11 is 0. The number of anilines is 4. The van der Waals surface area contributed by atoms with Gasteiger partial charge in [0.1, 0.15) is 12.0 Å². The van der Waals surface area contributed by atoms with Crippen LogP contribution >= 0.6 is 0 Å². The molecule has 1 aromatic carbocycles. The van der Waals surface area contributed by atoms with Gasteiger partial charge in [-0.3, -0.25) is 0 Å². The summed E-state index contributed by atoms with van der Waals surface area (Å²) in [5.74, 6) is 1.52. The van der Waals surface area contributed by atoms with Gasteiger partial charge in [0.25, 0.3) is 0 Å². The molecule has 1 saturated heterocycles. The van der Waals surface area contributed by atoms with Crippen LogP contribution in [0.3, 0.4) is 0 Å². The van der Waals surface area contributed by atoms with Crippen molar-refractivity contribution in [3.63, 3.8) is 0 Å². The fraction of sp³-hybridized carbons (Fsp3) is 0.375. The first kappa shape index (κ1) is 13.7. The molecule has 0 spiro atoms. The van der Waals surface area contributed by atoms with E-state index in [1.54, 1.807) is 6.33 Å². The molecule has 2 aromatic rings. The number of rotatable bonds is 3. The molecule has 0 saturated carbocycles. The van der Waals surface area contributed by atoms with E-state index >= 15 is 0 Å². The topological polar surface area (TPSA) is 67.1 Å². The van der Waals surface area contributed by atoms with Gasteiger partial charge in [-0.1, -0.05) is 12.1 Å². The van der Waals surface area contributed by atoms with Gasteiger partial charge in [-0.25, -0.2) is 9.97 Å². The second-order valence-corrected chi connectivity index (χ2v) is 5.50. The van der Waals surface area contributed by atoms with Crippen molar-refractivity contribution in [3.05, 3.63) is 36.2 Å². The second kappa shape index (κ2) is 5.99. The summed E-state index contributed by atoms with van der Waals surface area (Å²) in [7, 11) is 0. The minimum Gasteiger partial charge on any atom is -0.393 e. The normalized spacial score (nSPS) is 15.0. The third-order valence-corrected chi connectivity index (χ3v) is 3.80. The van der Waals surface area contributed by atoms with Gasteiger partial charge in [-0.05, 0) is 43.9 Å². The molecule has 1 aliphatic heterocycles. The Bertz CT molecular complexity index is 620. The third kappa shape index (κ3) is 3.07. The second-order valence-electron chi connectivity index (χ2n) is 5.50. The van der Waals surface area contributed by atoms with E-state index in [0.29, 0.717) is 11.5 Å². The lowest BCUT2D eigenvalue weighted by molar-refractivity contribution is 0.574. The molecular weight excluding hydrogens is 262 g/mol. The molecule has 0 atom stereocenters. The Morgan fingerprint density at radius 1 is 1.14 bits per heavy atom. The van der Waals surface area contributed by atoms with E-state index in [1.807, 2.05) is 12.1 Å². The van der Waals surface area contributed by atoms with Crippen molar-refractivity contribution in [2.45, 2.75) is 26.2 Å². The zero-order chi connectivity index (χ0) is 14.7. The zero-order valence-corrected chi connectivity index (χ0v) is 12.3. The Morgan fingerprint density at radius 3 is 2.71 bits per heavy atom. The number of hydrogen-bond acceptors (Lipinski definition) is 5. The number of nitrogen functional groups attached to an aromatic ring is 1. The molecule has 5 nitrogen and oxygen atoms in total. The lowest BCUT2D eigenvalue weighted by Gasteiger charge is -2.28. The van der Waals surface area contributed by atoms with Crippen LogP contribution in [0.15, 0.2) is 30.6 Å². The molecule has 1 aliphatic rings. The maximum absolute atomic E-state index is 6.27. The highest BCUT2D eigenvalue weighted by atomic mass is 15.2. The largest absolute Gasteiger partial charge is 0.393 e. The van der Waals surface area contributed by atoms with Gasteiger partial charge < -0.3 is 16.0 Å². The lowest BCUT2D eigenvalue weighted by Crippen LogP contribution is -2.31. The highest BCUT2D eigenvalue weighted by Crippen LogP contribution is 2.30. The van der Waals surface area contributed by atoms with Crippen LogP contribution in [-0.4, -0.2) is 23.1 Å². The number of piperidine rings is 1. The lowest BCUT2D eigenvalue weighted by atomic mass is 10.1. The molecular formula is C16H21N5. The summed E-state index contributed by atoms with van der Waals surface area (Å²) in [6, 6.07) is 8.16.